The van der Waals surface area contributed by atoms with Crippen LogP contribution < -0.4 is 9.47 Å². The fraction of sp³-hybridized carbons (Fsp3) is 0.379. The summed E-state index contributed by atoms with van der Waals surface area (Å²) in [6.45, 7) is 9.11. The van der Waals surface area contributed by atoms with E-state index in [1.165, 1.54) is 37.1 Å². The average Bonchev–Trinajstić information content (AvgIpc) is 2.82. The minimum atomic E-state index is 0.545. The van der Waals surface area contributed by atoms with Crippen LogP contribution in [0.3, 0.4) is 0 Å². The molecule has 168 valence electrons. The van der Waals surface area contributed by atoms with E-state index in [-0.39, 0.29) is 0 Å². The molecule has 32 heavy (non-hydrogen) atoms. The highest BCUT2D eigenvalue weighted by molar-refractivity contribution is 5.53. The smallest absolute Gasteiger partial charge is 0.162 e. The molecule has 3 aromatic carbocycles. The van der Waals surface area contributed by atoms with Gasteiger partial charge in [-0.15, -0.1) is 0 Å². The molecule has 0 saturated carbocycles. The Morgan fingerprint density at radius 2 is 1.28 bits per heavy atom. The molecule has 0 heterocycles. The highest BCUT2D eigenvalue weighted by Crippen LogP contribution is 2.43. The summed E-state index contributed by atoms with van der Waals surface area (Å²) >= 11 is 0. The van der Waals surface area contributed by atoms with E-state index in [9.17, 15) is 0 Å². The Balaban J connectivity index is 1.51. The molecule has 0 aromatic heterocycles. The Labute approximate surface area is 193 Å². The van der Waals surface area contributed by atoms with E-state index in [4.69, 9.17) is 9.47 Å². The van der Waals surface area contributed by atoms with Gasteiger partial charge in [-0.3, -0.25) is 0 Å². The molecule has 0 radical (unpaired) electrons. The highest BCUT2D eigenvalue weighted by atomic mass is 16.5. The molecule has 0 amide bonds. The van der Waals surface area contributed by atoms with Crippen LogP contribution in [0.1, 0.15) is 54.9 Å². The van der Waals surface area contributed by atoms with E-state index in [1.807, 2.05) is 24.3 Å². The molecule has 0 aliphatic heterocycles. The summed E-state index contributed by atoms with van der Waals surface area (Å²) in [6, 6.07) is 25.1. The lowest BCUT2D eigenvalue weighted by Gasteiger charge is -2.35. The zero-order valence-corrected chi connectivity index (χ0v) is 19.4. The monoisotopic (exact) mass is 429 g/mol. The topological polar surface area (TPSA) is 21.7 Å². The third-order valence-electron chi connectivity index (χ3n) is 6.14. The van der Waals surface area contributed by atoms with Gasteiger partial charge >= 0.3 is 0 Å². The third kappa shape index (κ3) is 5.72. The Morgan fingerprint density at radius 3 is 1.81 bits per heavy atom. The Kier molecular flexibility index (Phi) is 7.84. The molecule has 1 aliphatic carbocycles. The highest BCUT2D eigenvalue weighted by Gasteiger charge is 2.30. The maximum Gasteiger partial charge on any atom is 0.162 e. The number of fused-ring (bicyclic) bond motifs is 1. The third-order valence-corrected chi connectivity index (χ3v) is 6.14. The van der Waals surface area contributed by atoms with Gasteiger partial charge in [0, 0.05) is 12.5 Å². The van der Waals surface area contributed by atoms with Gasteiger partial charge in [-0.1, -0.05) is 74.5 Å². The van der Waals surface area contributed by atoms with Crippen molar-refractivity contribution in [1.82, 2.24) is 4.90 Å². The van der Waals surface area contributed by atoms with Gasteiger partial charge in [-0.2, -0.15) is 0 Å². The summed E-state index contributed by atoms with van der Waals surface area (Å²) in [5, 5.41) is 0. The molecule has 4 rings (SSSR count). The van der Waals surface area contributed by atoms with Crippen molar-refractivity contribution in [3.63, 3.8) is 0 Å². The number of hydrogen-bond acceptors (Lipinski definition) is 3. The summed E-state index contributed by atoms with van der Waals surface area (Å²) in [5.74, 6) is 2.29. The molecule has 3 aromatic rings. The minimum absolute atomic E-state index is 0.545. The fourth-order valence-corrected chi connectivity index (χ4v) is 4.52. The van der Waals surface area contributed by atoms with Crippen LogP contribution in [-0.2, 0) is 19.6 Å². The standard InChI is InChI=1S/C29H35NO2/c1-3-15-30(16-4-2)20-26-17-25-18-28(31-21-23-11-7-5-8-12-23)29(19-27(25)26)32-22-24-13-9-6-10-14-24/h5-14,18-19,26H,3-4,15-17,20-22H2,1-2H3. The predicted octanol–water partition coefficient (Wildman–Crippen LogP) is 6.61. The summed E-state index contributed by atoms with van der Waals surface area (Å²) in [4.78, 5) is 2.61. The van der Waals surface area contributed by atoms with Crippen molar-refractivity contribution in [3.05, 3.63) is 95.1 Å². The first kappa shape index (κ1) is 22.4. The fourth-order valence-electron chi connectivity index (χ4n) is 4.52. The molecular formula is C29H35NO2. The van der Waals surface area contributed by atoms with Gasteiger partial charge in [0.05, 0.1) is 0 Å². The SMILES string of the molecule is CCCN(CCC)CC1Cc2cc(OCc3ccccc3)c(OCc3ccccc3)cc21. The van der Waals surface area contributed by atoms with Crippen molar-refractivity contribution in [2.45, 2.75) is 52.2 Å². The van der Waals surface area contributed by atoms with Crippen LogP contribution in [0.4, 0.5) is 0 Å². The van der Waals surface area contributed by atoms with Crippen LogP contribution in [0.25, 0.3) is 0 Å². The molecule has 3 heteroatoms. The van der Waals surface area contributed by atoms with E-state index >= 15 is 0 Å². The van der Waals surface area contributed by atoms with E-state index in [0.717, 1.165) is 35.6 Å². The van der Waals surface area contributed by atoms with Gasteiger partial charge < -0.3 is 14.4 Å². The first-order valence-corrected chi connectivity index (χ1v) is 12.0. The zero-order valence-electron chi connectivity index (χ0n) is 19.4. The van der Waals surface area contributed by atoms with Crippen LogP contribution in [-0.4, -0.2) is 24.5 Å². The van der Waals surface area contributed by atoms with E-state index in [0.29, 0.717) is 19.1 Å². The molecule has 3 nitrogen and oxygen atoms in total. The van der Waals surface area contributed by atoms with Crippen molar-refractivity contribution in [2.75, 3.05) is 19.6 Å². The van der Waals surface area contributed by atoms with Crippen LogP contribution in [0.2, 0.25) is 0 Å². The summed E-state index contributed by atoms with van der Waals surface area (Å²) < 4.78 is 12.5. The number of benzene rings is 3. The molecule has 0 spiro atoms. The van der Waals surface area contributed by atoms with Gasteiger partial charge in [-0.05, 0) is 66.7 Å². The Morgan fingerprint density at radius 1 is 0.750 bits per heavy atom. The number of rotatable bonds is 12. The van der Waals surface area contributed by atoms with Crippen LogP contribution in [0, 0.1) is 0 Å². The molecule has 1 aliphatic rings. The van der Waals surface area contributed by atoms with Crippen molar-refractivity contribution in [3.8, 4) is 11.5 Å². The maximum atomic E-state index is 6.29. The lowest BCUT2D eigenvalue weighted by molar-refractivity contribution is 0.242. The first-order chi connectivity index (χ1) is 15.8. The van der Waals surface area contributed by atoms with Crippen LogP contribution >= 0.6 is 0 Å². The van der Waals surface area contributed by atoms with Gasteiger partial charge in [0.15, 0.2) is 11.5 Å². The van der Waals surface area contributed by atoms with E-state index in [1.54, 1.807) is 0 Å². The molecule has 0 saturated heterocycles. The average molecular weight is 430 g/mol. The Bertz CT molecular complexity index is 965. The van der Waals surface area contributed by atoms with Gasteiger partial charge in [0.2, 0.25) is 0 Å². The summed E-state index contributed by atoms with van der Waals surface area (Å²) in [5.41, 5.74) is 5.16. The maximum absolute atomic E-state index is 6.29. The molecule has 0 N–H and O–H groups in total. The summed E-state index contributed by atoms with van der Waals surface area (Å²) in [6.07, 6.45) is 3.54. The minimum Gasteiger partial charge on any atom is -0.485 e. The van der Waals surface area contributed by atoms with Crippen molar-refractivity contribution < 1.29 is 9.47 Å². The molecular weight excluding hydrogens is 394 g/mol. The molecule has 0 bridgehead atoms. The Hall–Kier alpha value is -2.78. The van der Waals surface area contributed by atoms with Crippen molar-refractivity contribution in [2.24, 2.45) is 0 Å². The van der Waals surface area contributed by atoms with Crippen LogP contribution in [0.5, 0.6) is 11.5 Å². The van der Waals surface area contributed by atoms with Crippen LogP contribution in [0.15, 0.2) is 72.8 Å². The van der Waals surface area contributed by atoms with E-state index < -0.39 is 0 Å². The second kappa shape index (κ2) is 11.2. The van der Waals surface area contributed by atoms with Crippen molar-refractivity contribution >= 4 is 0 Å². The van der Waals surface area contributed by atoms with E-state index in [2.05, 4.69) is 67.3 Å². The lowest BCUT2D eigenvalue weighted by atomic mass is 9.77. The molecule has 0 fully saturated rings. The number of nitrogens with zero attached hydrogens (tertiary/aromatic N) is 1. The largest absolute Gasteiger partial charge is 0.485 e. The second-order valence-corrected chi connectivity index (χ2v) is 8.75. The van der Waals surface area contributed by atoms with Crippen molar-refractivity contribution in [1.29, 1.82) is 0 Å². The number of ether oxygens (including phenoxy) is 2. The van der Waals surface area contributed by atoms with Gasteiger partial charge in [-0.25, -0.2) is 0 Å². The second-order valence-electron chi connectivity index (χ2n) is 8.75. The predicted molar refractivity (Wildman–Crippen MR) is 131 cm³/mol. The lowest BCUT2D eigenvalue weighted by Crippen LogP contribution is -2.34. The van der Waals surface area contributed by atoms with Gasteiger partial charge in [0.25, 0.3) is 0 Å². The number of hydrogen-bond donors (Lipinski definition) is 0. The molecule has 1 atom stereocenters. The quantitative estimate of drug-likeness (QED) is 0.323. The summed E-state index contributed by atoms with van der Waals surface area (Å²) in [7, 11) is 0. The normalized spacial score (nSPS) is 14.7. The molecule has 1 unspecified atom stereocenters. The van der Waals surface area contributed by atoms with Gasteiger partial charge in [0.1, 0.15) is 13.2 Å². The zero-order chi connectivity index (χ0) is 22.2. The first-order valence-electron chi connectivity index (χ1n) is 12.0.